The Morgan fingerprint density at radius 2 is 1.88 bits per heavy atom. The molecule has 2 aromatic rings. The molecule has 132 valence electrons. The van der Waals surface area contributed by atoms with Crippen LogP contribution in [0.2, 0.25) is 0 Å². The van der Waals surface area contributed by atoms with E-state index in [0.29, 0.717) is 4.90 Å². The number of sulfonamides is 1. The SMILES string of the molecule is Cc1nc(-c2cc(S(=O)(=O)NC3CCCCC3)c(C)n2C)sc1C. The molecule has 2 heterocycles. The third kappa shape index (κ3) is 3.30. The van der Waals surface area contributed by atoms with E-state index in [1.54, 1.807) is 17.4 Å². The van der Waals surface area contributed by atoms with Crippen molar-refractivity contribution in [3.8, 4) is 10.7 Å². The van der Waals surface area contributed by atoms with E-state index in [9.17, 15) is 8.42 Å². The molecular weight excluding hydrogens is 342 g/mol. The molecule has 1 fully saturated rings. The lowest BCUT2D eigenvalue weighted by Gasteiger charge is -2.22. The van der Waals surface area contributed by atoms with Crippen LogP contribution in [0.25, 0.3) is 10.7 Å². The molecule has 2 aromatic heterocycles. The van der Waals surface area contributed by atoms with E-state index in [1.165, 1.54) is 6.42 Å². The van der Waals surface area contributed by atoms with E-state index in [2.05, 4.69) is 9.71 Å². The van der Waals surface area contributed by atoms with Crippen LogP contribution in [0.5, 0.6) is 0 Å². The first-order valence-corrected chi connectivity index (χ1v) is 10.7. The molecule has 1 saturated carbocycles. The molecule has 7 heteroatoms. The van der Waals surface area contributed by atoms with Crippen molar-refractivity contribution in [2.24, 2.45) is 7.05 Å². The maximum atomic E-state index is 12.8. The van der Waals surface area contributed by atoms with Gasteiger partial charge >= 0.3 is 0 Å². The largest absolute Gasteiger partial charge is 0.345 e. The predicted octanol–water partition coefficient (Wildman–Crippen LogP) is 3.68. The zero-order chi connectivity index (χ0) is 17.5. The van der Waals surface area contributed by atoms with Crippen molar-refractivity contribution in [1.82, 2.24) is 14.3 Å². The Balaban J connectivity index is 1.94. The molecule has 24 heavy (non-hydrogen) atoms. The van der Waals surface area contributed by atoms with Crippen LogP contribution in [0, 0.1) is 20.8 Å². The maximum Gasteiger partial charge on any atom is 0.242 e. The number of aryl methyl sites for hydroxylation is 2. The highest BCUT2D eigenvalue weighted by molar-refractivity contribution is 7.89. The second-order valence-corrected chi connectivity index (χ2v) is 9.54. The van der Waals surface area contributed by atoms with Crippen molar-refractivity contribution in [3.63, 3.8) is 0 Å². The molecule has 0 aliphatic heterocycles. The Morgan fingerprint density at radius 1 is 1.21 bits per heavy atom. The van der Waals surface area contributed by atoms with Gasteiger partial charge in [0, 0.05) is 23.7 Å². The van der Waals surface area contributed by atoms with Crippen LogP contribution in [0.4, 0.5) is 0 Å². The minimum atomic E-state index is -3.50. The zero-order valence-electron chi connectivity index (χ0n) is 14.7. The van der Waals surface area contributed by atoms with Gasteiger partial charge in [-0.05, 0) is 39.7 Å². The second-order valence-electron chi connectivity index (χ2n) is 6.66. The number of hydrogen-bond acceptors (Lipinski definition) is 4. The minimum Gasteiger partial charge on any atom is -0.345 e. The Labute approximate surface area is 148 Å². The monoisotopic (exact) mass is 367 g/mol. The number of thiazole rings is 1. The molecule has 5 nitrogen and oxygen atoms in total. The minimum absolute atomic E-state index is 0.0659. The van der Waals surface area contributed by atoms with Crippen LogP contribution in [0.3, 0.4) is 0 Å². The van der Waals surface area contributed by atoms with Gasteiger partial charge in [-0.3, -0.25) is 0 Å². The van der Waals surface area contributed by atoms with Gasteiger partial charge < -0.3 is 4.57 Å². The average Bonchev–Trinajstić information content (AvgIpc) is 3.01. The van der Waals surface area contributed by atoms with Crippen molar-refractivity contribution in [2.75, 3.05) is 0 Å². The lowest BCUT2D eigenvalue weighted by Crippen LogP contribution is -2.36. The van der Waals surface area contributed by atoms with Crippen molar-refractivity contribution in [2.45, 2.75) is 63.8 Å². The summed E-state index contributed by atoms with van der Waals surface area (Å²) in [6.07, 6.45) is 5.27. The fraction of sp³-hybridized carbons (Fsp3) is 0.588. The first kappa shape index (κ1) is 17.6. The van der Waals surface area contributed by atoms with E-state index in [4.69, 9.17) is 0 Å². The van der Waals surface area contributed by atoms with Gasteiger partial charge in [0.15, 0.2) is 0 Å². The third-order valence-electron chi connectivity index (χ3n) is 4.95. The first-order valence-electron chi connectivity index (χ1n) is 8.42. The Hall–Kier alpha value is -1.18. The maximum absolute atomic E-state index is 12.8. The quantitative estimate of drug-likeness (QED) is 0.896. The normalized spacial score (nSPS) is 16.7. The molecule has 0 radical (unpaired) electrons. The van der Waals surface area contributed by atoms with Crippen LogP contribution in [-0.4, -0.2) is 24.0 Å². The molecule has 0 amide bonds. The van der Waals surface area contributed by atoms with Crippen molar-refractivity contribution in [1.29, 1.82) is 0 Å². The highest BCUT2D eigenvalue weighted by Crippen LogP contribution is 2.32. The molecule has 0 spiro atoms. The van der Waals surface area contributed by atoms with Crippen molar-refractivity contribution < 1.29 is 8.42 Å². The van der Waals surface area contributed by atoms with Gasteiger partial charge in [-0.1, -0.05) is 19.3 Å². The number of hydrogen-bond donors (Lipinski definition) is 1. The molecular formula is C17H25N3O2S2. The summed E-state index contributed by atoms with van der Waals surface area (Å²) >= 11 is 1.60. The predicted molar refractivity (Wildman–Crippen MR) is 97.9 cm³/mol. The fourth-order valence-corrected chi connectivity index (χ4v) is 5.79. The van der Waals surface area contributed by atoms with Gasteiger partial charge in [-0.15, -0.1) is 11.3 Å². The van der Waals surface area contributed by atoms with Crippen LogP contribution < -0.4 is 4.72 Å². The lowest BCUT2D eigenvalue weighted by molar-refractivity contribution is 0.412. The summed E-state index contributed by atoms with van der Waals surface area (Å²) in [5.74, 6) is 0. The zero-order valence-corrected chi connectivity index (χ0v) is 16.4. The smallest absolute Gasteiger partial charge is 0.242 e. The van der Waals surface area contributed by atoms with Crippen molar-refractivity contribution in [3.05, 3.63) is 22.3 Å². The highest BCUT2D eigenvalue weighted by atomic mass is 32.2. The highest BCUT2D eigenvalue weighted by Gasteiger charge is 2.26. The summed E-state index contributed by atoms with van der Waals surface area (Å²) in [6.45, 7) is 5.87. The topological polar surface area (TPSA) is 64.0 Å². The van der Waals surface area contributed by atoms with Crippen LogP contribution in [0.15, 0.2) is 11.0 Å². The molecule has 1 aliphatic carbocycles. The molecule has 0 saturated heterocycles. The third-order valence-corrected chi connectivity index (χ3v) is 7.68. The van der Waals surface area contributed by atoms with E-state index in [1.807, 2.05) is 32.4 Å². The molecule has 1 aliphatic rings. The van der Waals surface area contributed by atoms with Gasteiger partial charge in [-0.2, -0.15) is 0 Å². The van der Waals surface area contributed by atoms with E-state index >= 15 is 0 Å². The first-order chi connectivity index (χ1) is 11.3. The number of rotatable bonds is 4. The van der Waals surface area contributed by atoms with Crippen LogP contribution >= 0.6 is 11.3 Å². The number of aromatic nitrogens is 2. The number of nitrogens with one attached hydrogen (secondary N) is 1. The molecule has 1 N–H and O–H groups in total. The van der Waals surface area contributed by atoms with Gasteiger partial charge in [0.2, 0.25) is 10.0 Å². The average molecular weight is 368 g/mol. The molecule has 0 aromatic carbocycles. The lowest BCUT2D eigenvalue weighted by atomic mass is 9.96. The van der Waals surface area contributed by atoms with Crippen LogP contribution in [-0.2, 0) is 17.1 Å². The van der Waals surface area contributed by atoms with Gasteiger partial charge in [0.1, 0.15) is 9.90 Å². The summed E-state index contributed by atoms with van der Waals surface area (Å²) in [7, 11) is -1.60. The fourth-order valence-electron chi connectivity index (χ4n) is 3.23. The molecule has 0 bridgehead atoms. The summed E-state index contributed by atoms with van der Waals surface area (Å²) in [5, 5.41) is 0.870. The Bertz CT molecular complexity index is 824. The van der Waals surface area contributed by atoms with Gasteiger partial charge in [0.05, 0.1) is 11.4 Å². The molecule has 0 atom stereocenters. The van der Waals surface area contributed by atoms with E-state index in [-0.39, 0.29) is 6.04 Å². The Kier molecular flexibility index (Phi) is 4.86. The summed E-state index contributed by atoms with van der Waals surface area (Å²) in [6, 6.07) is 1.83. The molecule has 0 unspecified atom stereocenters. The Morgan fingerprint density at radius 3 is 2.46 bits per heavy atom. The van der Waals surface area contributed by atoms with E-state index in [0.717, 1.165) is 52.6 Å². The summed E-state index contributed by atoms with van der Waals surface area (Å²) in [4.78, 5) is 6.11. The second kappa shape index (κ2) is 6.61. The van der Waals surface area contributed by atoms with Crippen LogP contribution in [0.1, 0.15) is 48.4 Å². The molecule has 3 rings (SSSR count). The summed E-state index contributed by atoms with van der Waals surface area (Å²) in [5.41, 5.74) is 2.61. The van der Waals surface area contributed by atoms with Gasteiger partial charge in [-0.25, -0.2) is 18.1 Å². The number of nitrogens with zero attached hydrogens (tertiary/aromatic N) is 2. The van der Waals surface area contributed by atoms with Crippen molar-refractivity contribution >= 4 is 21.4 Å². The standard InChI is InChI=1S/C17H25N3O2S2/c1-11-13(3)23-17(18-11)15-10-16(12(2)20(15)4)24(21,22)19-14-8-6-5-7-9-14/h10,14,19H,5-9H2,1-4H3. The summed E-state index contributed by atoms with van der Waals surface area (Å²) < 4.78 is 30.5. The van der Waals surface area contributed by atoms with Gasteiger partial charge in [0.25, 0.3) is 0 Å². The van der Waals surface area contributed by atoms with E-state index < -0.39 is 10.0 Å².